The molecule has 1 aliphatic carbocycles. The van der Waals surface area contributed by atoms with Crippen LogP contribution >= 0.6 is 0 Å². The molecule has 3 aromatic carbocycles. The molecule has 2 N–H and O–H groups in total. The van der Waals surface area contributed by atoms with Gasteiger partial charge in [0.2, 0.25) is 0 Å². The minimum absolute atomic E-state index is 0.0852. The van der Waals surface area contributed by atoms with Crippen molar-refractivity contribution in [1.82, 2.24) is 15.3 Å². The molecule has 1 amide bonds. The molecule has 0 saturated heterocycles. The molecule has 38 heavy (non-hydrogen) atoms. The van der Waals surface area contributed by atoms with E-state index in [4.69, 9.17) is 10.1 Å². The third-order valence-corrected chi connectivity index (χ3v) is 6.75. The smallest absolute Gasteiger partial charge is 0.374 e. The van der Waals surface area contributed by atoms with Gasteiger partial charge in [-0.25, -0.2) is 19.2 Å². The number of carbonyl (C=O) groups excluding carboxylic acids is 1. The molecular weight excluding hydrogens is 495 g/mol. The van der Waals surface area contributed by atoms with Crippen LogP contribution in [0, 0.1) is 5.82 Å². The molecule has 0 unspecified atom stereocenters. The number of rotatable bonds is 8. The van der Waals surface area contributed by atoms with Gasteiger partial charge in [-0.15, -0.1) is 0 Å². The number of halogens is 3. The van der Waals surface area contributed by atoms with Crippen molar-refractivity contribution in [3.05, 3.63) is 94.9 Å². The van der Waals surface area contributed by atoms with Crippen LogP contribution in [0.15, 0.2) is 66.7 Å². The van der Waals surface area contributed by atoms with E-state index >= 15 is 0 Å². The van der Waals surface area contributed by atoms with Crippen LogP contribution in [0.1, 0.15) is 52.5 Å². The van der Waals surface area contributed by atoms with E-state index in [0.717, 1.165) is 16.7 Å². The van der Waals surface area contributed by atoms with Crippen LogP contribution in [0.2, 0.25) is 0 Å². The average molecular weight is 520 g/mol. The molecule has 4 aromatic rings. The number of benzene rings is 3. The molecule has 0 aliphatic heterocycles. The number of carbonyl (C=O) groups is 2. The molecule has 9 heteroatoms. The Balaban J connectivity index is 1.42. The lowest BCUT2D eigenvalue weighted by Crippen LogP contribution is -2.28. The van der Waals surface area contributed by atoms with E-state index in [0.29, 0.717) is 40.8 Å². The largest absolute Gasteiger partial charge is 0.477 e. The van der Waals surface area contributed by atoms with Gasteiger partial charge in [0.15, 0.2) is 0 Å². The summed E-state index contributed by atoms with van der Waals surface area (Å²) in [6.45, 7) is 0. The average Bonchev–Trinajstić information content (AvgIpc) is 3.29. The van der Waals surface area contributed by atoms with E-state index in [1.54, 1.807) is 24.3 Å². The molecule has 1 aromatic heterocycles. The Morgan fingerprint density at radius 3 is 2.55 bits per heavy atom. The van der Waals surface area contributed by atoms with Gasteiger partial charge in [0.05, 0.1) is 28.5 Å². The summed E-state index contributed by atoms with van der Waals surface area (Å²) >= 11 is 0. The van der Waals surface area contributed by atoms with Crippen LogP contribution in [0.3, 0.4) is 0 Å². The molecule has 0 fully saturated rings. The summed E-state index contributed by atoms with van der Waals surface area (Å²) in [5.74, 6) is -6.60. The van der Waals surface area contributed by atoms with Crippen molar-refractivity contribution >= 4 is 22.9 Å². The van der Waals surface area contributed by atoms with E-state index in [1.165, 1.54) is 12.1 Å². The Hall–Kier alpha value is -4.27. The lowest BCUT2D eigenvalue weighted by atomic mass is 10.0. The lowest BCUT2D eigenvalue weighted by molar-refractivity contribution is -0.165. The summed E-state index contributed by atoms with van der Waals surface area (Å²) in [6, 6.07) is 18.4. The van der Waals surface area contributed by atoms with Crippen LogP contribution in [-0.2, 0) is 17.6 Å². The van der Waals surface area contributed by atoms with Crippen molar-refractivity contribution in [3.8, 4) is 11.3 Å². The number of hydrogen-bond acceptors (Lipinski definition) is 4. The van der Waals surface area contributed by atoms with Gasteiger partial charge in [0, 0.05) is 17.5 Å². The molecule has 1 heterocycles. The molecule has 1 atom stereocenters. The Morgan fingerprint density at radius 2 is 1.79 bits per heavy atom. The summed E-state index contributed by atoms with van der Waals surface area (Å²) in [4.78, 5) is 33.2. The number of hydrogen-bond donors (Lipinski definition) is 2. The van der Waals surface area contributed by atoms with Crippen LogP contribution in [0.25, 0.3) is 22.3 Å². The third-order valence-electron chi connectivity index (χ3n) is 6.75. The van der Waals surface area contributed by atoms with E-state index in [1.807, 2.05) is 30.3 Å². The highest BCUT2D eigenvalue weighted by Gasteiger charge is 2.37. The van der Waals surface area contributed by atoms with E-state index < -0.39 is 18.3 Å². The second-order valence-corrected chi connectivity index (χ2v) is 9.36. The summed E-state index contributed by atoms with van der Waals surface area (Å²) in [7, 11) is 0. The van der Waals surface area contributed by atoms with Crippen molar-refractivity contribution in [2.75, 3.05) is 0 Å². The molecule has 194 valence electrons. The van der Waals surface area contributed by atoms with Gasteiger partial charge in [-0.05, 0) is 67.1 Å². The maximum Gasteiger partial charge on any atom is 0.374 e. The van der Waals surface area contributed by atoms with E-state index in [2.05, 4.69) is 10.3 Å². The van der Waals surface area contributed by atoms with E-state index in [-0.39, 0.29) is 30.6 Å². The summed E-state index contributed by atoms with van der Waals surface area (Å²) < 4.78 is 40.8. The Kier molecular flexibility index (Phi) is 6.84. The van der Waals surface area contributed by atoms with Crippen LogP contribution in [0.4, 0.5) is 13.2 Å². The van der Waals surface area contributed by atoms with Crippen molar-refractivity contribution in [2.45, 2.75) is 44.1 Å². The topological polar surface area (TPSA) is 92.2 Å². The molecule has 0 bridgehead atoms. The summed E-state index contributed by atoms with van der Waals surface area (Å²) in [6.07, 6.45) is 0.492. The molecule has 1 aliphatic rings. The number of nitrogens with zero attached hydrogens (tertiary/aromatic N) is 2. The predicted molar refractivity (Wildman–Crippen MR) is 135 cm³/mol. The standard InChI is InChI=1S/C29H24F3N3O3/c30-20-10-11-21-18(15-20)8-12-22(21)35-27(36)19-9-13-23-25(16-19)33-24(7-4-14-29(31,32)28(37)38)26(34-23)17-5-2-1-3-6-17/h1-3,5-6,9-11,13,15-16,22H,4,7-8,12,14H2,(H,35,36)(H,37,38)/t22-/m1/s1. The second kappa shape index (κ2) is 10.2. The fraction of sp³-hybridized carbons (Fsp3) is 0.241. The lowest BCUT2D eigenvalue weighted by Gasteiger charge is -2.15. The minimum atomic E-state index is -3.83. The van der Waals surface area contributed by atoms with Crippen LogP contribution in [-0.4, -0.2) is 32.9 Å². The van der Waals surface area contributed by atoms with E-state index in [9.17, 15) is 22.8 Å². The Labute approximate surface area is 216 Å². The van der Waals surface area contributed by atoms with Crippen LogP contribution < -0.4 is 5.32 Å². The van der Waals surface area contributed by atoms with Crippen molar-refractivity contribution in [3.63, 3.8) is 0 Å². The normalized spacial score (nSPS) is 14.9. The zero-order valence-corrected chi connectivity index (χ0v) is 20.3. The Bertz CT molecular complexity index is 1530. The van der Waals surface area contributed by atoms with Gasteiger partial charge < -0.3 is 10.4 Å². The Morgan fingerprint density at radius 1 is 1.00 bits per heavy atom. The number of amides is 1. The van der Waals surface area contributed by atoms with Gasteiger partial charge in [0.1, 0.15) is 5.82 Å². The number of alkyl halides is 2. The molecule has 0 radical (unpaired) electrons. The van der Waals surface area contributed by atoms with Crippen molar-refractivity contribution in [2.24, 2.45) is 0 Å². The number of nitrogens with one attached hydrogen (secondary N) is 1. The van der Waals surface area contributed by atoms with Crippen molar-refractivity contribution < 1.29 is 27.9 Å². The van der Waals surface area contributed by atoms with Gasteiger partial charge in [0.25, 0.3) is 5.91 Å². The molecule has 6 nitrogen and oxygen atoms in total. The highest BCUT2D eigenvalue weighted by atomic mass is 19.3. The number of carboxylic acid groups (broad SMARTS) is 1. The van der Waals surface area contributed by atoms with Crippen molar-refractivity contribution in [1.29, 1.82) is 0 Å². The highest BCUT2D eigenvalue weighted by molar-refractivity contribution is 5.97. The first kappa shape index (κ1) is 25.4. The van der Waals surface area contributed by atoms with Gasteiger partial charge >= 0.3 is 11.9 Å². The zero-order valence-electron chi connectivity index (χ0n) is 20.3. The van der Waals surface area contributed by atoms with Gasteiger partial charge in [-0.3, -0.25) is 4.79 Å². The first-order valence-electron chi connectivity index (χ1n) is 12.3. The summed E-state index contributed by atoms with van der Waals surface area (Å²) in [5.41, 5.74) is 4.80. The first-order chi connectivity index (χ1) is 18.2. The number of fused-ring (bicyclic) bond motifs is 2. The van der Waals surface area contributed by atoms with Crippen LogP contribution in [0.5, 0.6) is 0 Å². The number of carboxylic acids is 1. The monoisotopic (exact) mass is 519 g/mol. The maximum atomic E-state index is 13.6. The second-order valence-electron chi connectivity index (χ2n) is 9.36. The quantitative estimate of drug-likeness (QED) is 0.303. The molecule has 5 rings (SSSR count). The highest BCUT2D eigenvalue weighted by Crippen LogP contribution is 2.32. The molecule has 0 saturated carbocycles. The van der Waals surface area contributed by atoms with Gasteiger partial charge in [-0.1, -0.05) is 36.4 Å². The number of aryl methyl sites for hydroxylation is 2. The number of aliphatic carboxylic acids is 1. The first-order valence-corrected chi connectivity index (χ1v) is 12.3. The SMILES string of the molecule is O=C(N[C@@H]1CCc2cc(F)ccc21)c1ccc2nc(-c3ccccc3)c(CCCC(F)(F)C(=O)O)nc2c1. The number of aromatic nitrogens is 2. The van der Waals surface area contributed by atoms with Gasteiger partial charge in [-0.2, -0.15) is 8.78 Å². The molecular formula is C29H24F3N3O3. The fourth-order valence-electron chi connectivity index (χ4n) is 4.80. The minimum Gasteiger partial charge on any atom is -0.477 e. The summed E-state index contributed by atoms with van der Waals surface area (Å²) in [5, 5.41) is 11.7. The molecule has 0 spiro atoms. The maximum absolute atomic E-state index is 13.6. The third kappa shape index (κ3) is 5.22. The zero-order chi connectivity index (χ0) is 26.9. The predicted octanol–water partition coefficient (Wildman–Crippen LogP) is 5.90. The fourth-order valence-corrected chi connectivity index (χ4v) is 4.80.